The van der Waals surface area contributed by atoms with Crippen LogP contribution in [0, 0.1) is 6.92 Å². The normalized spacial score (nSPS) is 23.2. The lowest BCUT2D eigenvalue weighted by atomic mass is 9.92. The molecule has 0 radical (unpaired) electrons. The van der Waals surface area contributed by atoms with Gasteiger partial charge >= 0.3 is 0 Å². The van der Waals surface area contributed by atoms with E-state index in [1.807, 2.05) is 42.4 Å². The van der Waals surface area contributed by atoms with Gasteiger partial charge in [-0.15, -0.1) is 0 Å². The third-order valence-electron chi connectivity index (χ3n) is 8.67. The summed E-state index contributed by atoms with van der Waals surface area (Å²) in [5, 5.41) is 7.31. The molecule has 1 saturated heterocycles. The summed E-state index contributed by atoms with van der Waals surface area (Å²) in [6.45, 7) is 3.49. The Labute approximate surface area is 224 Å². The predicted molar refractivity (Wildman–Crippen MR) is 150 cm³/mol. The van der Waals surface area contributed by atoms with E-state index in [2.05, 4.69) is 15.2 Å². The zero-order chi connectivity index (χ0) is 26.1. The largest absolute Gasteiger partial charge is 0.365 e. The van der Waals surface area contributed by atoms with Crippen molar-refractivity contribution in [3.05, 3.63) is 41.7 Å². The molecule has 3 aromatic rings. The van der Waals surface area contributed by atoms with Crippen molar-refractivity contribution in [2.24, 2.45) is 5.73 Å². The fourth-order valence-electron chi connectivity index (χ4n) is 6.28. The maximum Gasteiger partial charge on any atom is 0.253 e. The van der Waals surface area contributed by atoms with Crippen LogP contribution in [-0.4, -0.2) is 61.5 Å². The van der Waals surface area contributed by atoms with Gasteiger partial charge in [-0.3, -0.25) is 4.79 Å². The van der Waals surface area contributed by atoms with Gasteiger partial charge in [-0.2, -0.15) is 9.97 Å². The number of hydrogen-bond acceptors (Lipinski definition) is 7. The molecule has 3 heterocycles. The molecule has 9 heteroatoms. The van der Waals surface area contributed by atoms with E-state index in [-0.39, 0.29) is 11.9 Å². The molecule has 0 spiro atoms. The highest BCUT2D eigenvalue weighted by Crippen LogP contribution is 2.34. The lowest BCUT2D eigenvalue weighted by Crippen LogP contribution is -2.42. The van der Waals surface area contributed by atoms with E-state index in [0.29, 0.717) is 24.1 Å². The Morgan fingerprint density at radius 2 is 1.58 bits per heavy atom. The number of piperidine rings is 1. The highest BCUT2D eigenvalue weighted by atomic mass is 16.2. The van der Waals surface area contributed by atoms with Gasteiger partial charge in [-0.1, -0.05) is 30.5 Å². The molecule has 202 valence electrons. The van der Waals surface area contributed by atoms with Gasteiger partial charge < -0.3 is 25.8 Å². The Bertz CT molecular complexity index is 1250. The third-order valence-corrected chi connectivity index (χ3v) is 8.67. The highest BCUT2D eigenvalue weighted by Gasteiger charge is 2.27. The Morgan fingerprint density at radius 3 is 2.29 bits per heavy atom. The molecule has 0 atom stereocenters. The van der Waals surface area contributed by atoms with Crippen molar-refractivity contribution in [3.8, 4) is 0 Å². The fourth-order valence-corrected chi connectivity index (χ4v) is 6.28. The number of likely N-dealkylation sites (tertiary alicyclic amines) is 1. The summed E-state index contributed by atoms with van der Waals surface area (Å²) < 4.78 is 2.26. The van der Waals surface area contributed by atoms with E-state index in [9.17, 15) is 4.79 Å². The number of hydrogen-bond donors (Lipinski definition) is 3. The quantitative estimate of drug-likeness (QED) is 0.437. The minimum Gasteiger partial charge on any atom is -0.365 e. The van der Waals surface area contributed by atoms with E-state index in [1.165, 1.54) is 25.7 Å². The van der Waals surface area contributed by atoms with Crippen molar-refractivity contribution in [1.29, 1.82) is 0 Å². The zero-order valence-electron chi connectivity index (χ0n) is 22.4. The van der Waals surface area contributed by atoms with Gasteiger partial charge in [0.2, 0.25) is 5.95 Å². The molecule has 0 bridgehead atoms. The summed E-state index contributed by atoms with van der Waals surface area (Å²) in [5.41, 5.74) is 9.81. The number of carbonyl (C=O) groups is 1. The standard InChI is InChI=1S/C29H40N8O/c1-19-6-8-20(9-7-19)28(38)36-16-14-23(15-17-36)32-26-25-27(37(18-31-25)24-4-2-3-5-24)35-29(34-26)33-22-12-10-21(30)11-13-22/h6-9,18,21-24H,2-5,10-17,30H2,1H3,(H2,32,33,34,35)/t21-,22-. The summed E-state index contributed by atoms with van der Waals surface area (Å²) >= 11 is 0. The monoisotopic (exact) mass is 516 g/mol. The Hall–Kier alpha value is -3.20. The molecule has 2 aliphatic carbocycles. The molecule has 6 rings (SSSR count). The van der Waals surface area contributed by atoms with Gasteiger partial charge in [0.1, 0.15) is 0 Å². The molecule has 4 N–H and O–H groups in total. The number of nitrogens with two attached hydrogens (primary N) is 1. The van der Waals surface area contributed by atoms with Crippen LogP contribution in [0.1, 0.15) is 86.2 Å². The van der Waals surface area contributed by atoms with Crippen molar-refractivity contribution in [3.63, 3.8) is 0 Å². The molecular weight excluding hydrogens is 476 g/mol. The van der Waals surface area contributed by atoms with Crippen LogP contribution in [0.5, 0.6) is 0 Å². The number of nitrogens with one attached hydrogen (secondary N) is 2. The molecule has 0 unspecified atom stereocenters. The first kappa shape index (κ1) is 25.1. The van der Waals surface area contributed by atoms with Crippen LogP contribution in [0.3, 0.4) is 0 Å². The average Bonchev–Trinajstić information content (AvgIpc) is 3.61. The summed E-state index contributed by atoms with van der Waals surface area (Å²) in [5.74, 6) is 1.58. The summed E-state index contributed by atoms with van der Waals surface area (Å²) in [6, 6.07) is 9.19. The van der Waals surface area contributed by atoms with Crippen molar-refractivity contribution in [2.75, 3.05) is 23.7 Å². The van der Waals surface area contributed by atoms with Crippen molar-refractivity contribution < 1.29 is 4.79 Å². The smallest absolute Gasteiger partial charge is 0.253 e. The minimum absolute atomic E-state index is 0.113. The molecule has 1 aromatic carbocycles. The number of carbonyl (C=O) groups excluding carboxylic acids is 1. The first-order valence-electron chi connectivity index (χ1n) is 14.4. The number of aryl methyl sites for hydroxylation is 1. The molecule has 38 heavy (non-hydrogen) atoms. The first-order chi connectivity index (χ1) is 18.5. The van der Waals surface area contributed by atoms with Crippen LogP contribution >= 0.6 is 0 Å². The molecule has 2 aromatic heterocycles. The molecule has 1 amide bonds. The lowest BCUT2D eigenvalue weighted by Gasteiger charge is -2.33. The van der Waals surface area contributed by atoms with Crippen LogP contribution in [0.4, 0.5) is 11.8 Å². The number of anilines is 2. The molecule has 3 fully saturated rings. The van der Waals surface area contributed by atoms with Gasteiger partial charge in [-0.05, 0) is 70.4 Å². The van der Waals surface area contributed by atoms with Crippen LogP contribution in [-0.2, 0) is 0 Å². The Morgan fingerprint density at radius 1 is 0.895 bits per heavy atom. The van der Waals surface area contributed by atoms with E-state index in [1.54, 1.807) is 0 Å². The second-order valence-electron chi connectivity index (χ2n) is 11.5. The summed E-state index contributed by atoms with van der Waals surface area (Å²) in [7, 11) is 0. The van der Waals surface area contributed by atoms with Gasteiger partial charge in [-0.25, -0.2) is 4.98 Å². The van der Waals surface area contributed by atoms with Crippen LogP contribution < -0.4 is 16.4 Å². The number of aromatic nitrogens is 4. The van der Waals surface area contributed by atoms with Crippen molar-refractivity contribution >= 4 is 28.8 Å². The van der Waals surface area contributed by atoms with Gasteiger partial charge in [0.05, 0.1) is 6.33 Å². The van der Waals surface area contributed by atoms with Crippen LogP contribution in [0.2, 0.25) is 0 Å². The molecular formula is C29H40N8O. The van der Waals surface area contributed by atoms with Crippen molar-refractivity contribution in [1.82, 2.24) is 24.4 Å². The van der Waals surface area contributed by atoms with Crippen LogP contribution in [0.15, 0.2) is 30.6 Å². The van der Waals surface area contributed by atoms with Gasteiger partial charge in [0.25, 0.3) is 5.91 Å². The van der Waals surface area contributed by atoms with Crippen LogP contribution in [0.25, 0.3) is 11.2 Å². The molecule has 3 aliphatic rings. The average molecular weight is 517 g/mol. The van der Waals surface area contributed by atoms with E-state index < -0.39 is 0 Å². The topological polar surface area (TPSA) is 114 Å². The lowest BCUT2D eigenvalue weighted by molar-refractivity contribution is 0.0718. The molecule has 9 nitrogen and oxygen atoms in total. The van der Waals surface area contributed by atoms with E-state index in [4.69, 9.17) is 20.7 Å². The fraction of sp³-hybridized carbons (Fsp3) is 0.586. The zero-order valence-corrected chi connectivity index (χ0v) is 22.4. The number of benzene rings is 1. The Balaban J connectivity index is 1.19. The number of nitrogens with zero attached hydrogens (tertiary/aromatic N) is 5. The highest BCUT2D eigenvalue weighted by molar-refractivity contribution is 5.94. The van der Waals surface area contributed by atoms with Crippen molar-refractivity contribution in [2.45, 2.75) is 95.3 Å². The third kappa shape index (κ3) is 5.34. The maximum atomic E-state index is 13.0. The second-order valence-corrected chi connectivity index (χ2v) is 11.5. The van der Waals surface area contributed by atoms with Gasteiger partial charge in [0, 0.05) is 42.8 Å². The molecule has 1 aliphatic heterocycles. The van der Waals surface area contributed by atoms with Gasteiger partial charge in [0.15, 0.2) is 17.0 Å². The summed E-state index contributed by atoms with van der Waals surface area (Å²) in [6.07, 6.45) is 12.7. The minimum atomic E-state index is 0.113. The Kier molecular flexibility index (Phi) is 7.19. The maximum absolute atomic E-state index is 13.0. The number of imidazole rings is 1. The second kappa shape index (κ2) is 10.9. The summed E-state index contributed by atoms with van der Waals surface area (Å²) in [4.78, 5) is 29.7. The first-order valence-corrected chi connectivity index (χ1v) is 14.4. The number of fused-ring (bicyclic) bond motifs is 1. The molecule has 2 saturated carbocycles. The number of rotatable bonds is 6. The predicted octanol–water partition coefficient (Wildman–Crippen LogP) is 4.65. The SMILES string of the molecule is Cc1ccc(C(=O)N2CCC(Nc3nc(N[C@H]4CC[C@H](N)CC4)nc4c3ncn4C3CCCC3)CC2)cc1. The van der Waals surface area contributed by atoms with E-state index in [0.717, 1.165) is 79.7 Å². The van der Waals surface area contributed by atoms with E-state index >= 15 is 0 Å². The number of amides is 1.